The summed E-state index contributed by atoms with van der Waals surface area (Å²) in [6.07, 6.45) is 1.90. The van der Waals surface area contributed by atoms with Gasteiger partial charge in [-0.15, -0.1) is 11.3 Å². The second-order valence-corrected chi connectivity index (χ2v) is 4.09. The number of pyridine rings is 1. The minimum absolute atomic E-state index is 0.588. The van der Waals surface area contributed by atoms with Crippen LogP contribution in [-0.4, -0.2) is 4.98 Å². The predicted molar refractivity (Wildman–Crippen MR) is 53.7 cm³/mol. The van der Waals surface area contributed by atoms with Crippen molar-refractivity contribution in [1.82, 2.24) is 4.98 Å². The normalized spacial score (nSPS) is 11.2. The Morgan fingerprint density at radius 2 is 2.17 bits per heavy atom. The van der Waals surface area contributed by atoms with Crippen molar-refractivity contribution >= 4 is 21.6 Å². The lowest BCUT2D eigenvalue weighted by molar-refractivity contribution is 0.875. The van der Waals surface area contributed by atoms with Crippen LogP contribution in [0.25, 0.3) is 10.2 Å². The average Bonchev–Trinajstić information content (AvgIpc) is 2.49. The van der Waals surface area contributed by atoms with Crippen LogP contribution in [0, 0.1) is 0 Å². The number of fused-ring (bicyclic) bond motifs is 1. The van der Waals surface area contributed by atoms with Crippen molar-refractivity contribution in [2.24, 2.45) is 0 Å². The summed E-state index contributed by atoms with van der Waals surface area (Å²) in [6, 6.07) is 4.27. The van der Waals surface area contributed by atoms with Crippen molar-refractivity contribution in [2.45, 2.75) is 19.8 Å². The van der Waals surface area contributed by atoms with Crippen LogP contribution in [0.2, 0.25) is 0 Å². The van der Waals surface area contributed by atoms with E-state index in [2.05, 4.69) is 36.3 Å². The van der Waals surface area contributed by atoms with Crippen molar-refractivity contribution in [2.75, 3.05) is 0 Å². The van der Waals surface area contributed by atoms with Gasteiger partial charge >= 0.3 is 0 Å². The quantitative estimate of drug-likeness (QED) is 0.650. The summed E-state index contributed by atoms with van der Waals surface area (Å²) in [5.74, 6) is 0.588. The number of hydrogen-bond donors (Lipinski definition) is 0. The molecule has 0 bridgehead atoms. The first-order chi connectivity index (χ1) is 5.79. The molecule has 0 N–H and O–H groups in total. The highest BCUT2D eigenvalue weighted by Crippen LogP contribution is 2.26. The monoisotopic (exact) mass is 177 g/mol. The van der Waals surface area contributed by atoms with Gasteiger partial charge in [-0.05, 0) is 29.0 Å². The Labute approximate surface area is 76.1 Å². The zero-order valence-electron chi connectivity index (χ0n) is 7.24. The third-order valence-corrected chi connectivity index (χ3v) is 2.84. The Kier molecular flexibility index (Phi) is 1.85. The number of rotatable bonds is 1. The van der Waals surface area contributed by atoms with Crippen molar-refractivity contribution < 1.29 is 0 Å². The van der Waals surface area contributed by atoms with Crippen LogP contribution in [-0.2, 0) is 0 Å². The van der Waals surface area contributed by atoms with E-state index in [0.717, 1.165) is 4.83 Å². The summed E-state index contributed by atoms with van der Waals surface area (Å²) >= 11 is 1.71. The van der Waals surface area contributed by atoms with Crippen LogP contribution in [0.4, 0.5) is 0 Å². The molecule has 2 aromatic rings. The zero-order chi connectivity index (χ0) is 8.55. The summed E-state index contributed by atoms with van der Waals surface area (Å²) in [5, 5.41) is 3.42. The fraction of sp³-hybridized carbons (Fsp3) is 0.300. The number of thiophene rings is 1. The SMILES string of the molecule is CC(C)c1ccnc2sccc12. The van der Waals surface area contributed by atoms with E-state index in [1.165, 1.54) is 10.9 Å². The van der Waals surface area contributed by atoms with Crippen molar-refractivity contribution in [1.29, 1.82) is 0 Å². The zero-order valence-corrected chi connectivity index (χ0v) is 8.06. The smallest absolute Gasteiger partial charge is 0.123 e. The van der Waals surface area contributed by atoms with E-state index in [0.29, 0.717) is 5.92 Å². The van der Waals surface area contributed by atoms with Crippen LogP contribution in [0.3, 0.4) is 0 Å². The molecule has 0 saturated carbocycles. The van der Waals surface area contributed by atoms with Gasteiger partial charge in [0.15, 0.2) is 0 Å². The van der Waals surface area contributed by atoms with Gasteiger partial charge in [-0.2, -0.15) is 0 Å². The van der Waals surface area contributed by atoms with E-state index < -0.39 is 0 Å². The first-order valence-corrected chi connectivity index (χ1v) is 4.99. The van der Waals surface area contributed by atoms with Crippen molar-refractivity contribution in [3.63, 3.8) is 0 Å². The highest BCUT2D eigenvalue weighted by molar-refractivity contribution is 7.16. The van der Waals surface area contributed by atoms with E-state index in [4.69, 9.17) is 0 Å². The highest BCUT2D eigenvalue weighted by atomic mass is 32.1. The third kappa shape index (κ3) is 1.12. The summed E-state index contributed by atoms with van der Waals surface area (Å²) < 4.78 is 0. The van der Waals surface area contributed by atoms with E-state index in [9.17, 15) is 0 Å². The van der Waals surface area contributed by atoms with Crippen LogP contribution < -0.4 is 0 Å². The number of hydrogen-bond acceptors (Lipinski definition) is 2. The predicted octanol–water partition coefficient (Wildman–Crippen LogP) is 3.42. The van der Waals surface area contributed by atoms with E-state index in [1.54, 1.807) is 11.3 Å². The minimum Gasteiger partial charge on any atom is -0.245 e. The van der Waals surface area contributed by atoms with Crippen LogP contribution in [0.1, 0.15) is 25.3 Å². The van der Waals surface area contributed by atoms with Crippen molar-refractivity contribution in [3.05, 3.63) is 29.3 Å². The molecule has 0 atom stereocenters. The fourth-order valence-electron chi connectivity index (χ4n) is 1.40. The Bertz CT molecular complexity index is 389. The summed E-state index contributed by atoms with van der Waals surface area (Å²) in [4.78, 5) is 5.46. The van der Waals surface area contributed by atoms with Gasteiger partial charge in [0.05, 0.1) is 0 Å². The minimum atomic E-state index is 0.588. The number of nitrogens with zero attached hydrogens (tertiary/aromatic N) is 1. The molecule has 62 valence electrons. The molecule has 2 rings (SSSR count). The van der Waals surface area contributed by atoms with Gasteiger partial charge in [-0.25, -0.2) is 4.98 Å². The van der Waals surface area contributed by atoms with Gasteiger partial charge in [0, 0.05) is 11.6 Å². The topological polar surface area (TPSA) is 12.9 Å². The molecular formula is C10H11NS. The first kappa shape index (κ1) is 7.74. The Morgan fingerprint density at radius 1 is 1.33 bits per heavy atom. The highest BCUT2D eigenvalue weighted by Gasteiger charge is 2.05. The molecule has 0 radical (unpaired) electrons. The van der Waals surface area contributed by atoms with E-state index >= 15 is 0 Å². The average molecular weight is 177 g/mol. The maximum absolute atomic E-state index is 4.30. The molecule has 0 aliphatic heterocycles. The van der Waals surface area contributed by atoms with Crippen LogP contribution in [0.15, 0.2) is 23.7 Å². The molecule has 0 spiro atoms. The standard InChI is InChI=1S/C10H11NS/c1-7(2)8-3-5-11-10-9(8)4-6-12-10/h3-7H,1-2H3. The fourth-order valence-corrected chi connectivity index (χ4v) is 2.17. The lowest BCUT2D eigenvalue weighted by atomic mass is 10.0. The molecule has 0 fully saturated rings. The lowest BCUT2D eigenvalue weighted by Crippen LogP contribution is -1.87. The lowest BCUT2D eigenvalue weighted by Gasteiger charge is -2.05. The molecule has 1 nitrogen and oxygen atoms in total. The molecule has 2 heterocycles. The van der Waals surface area contributed by atoms with Crippen molar-refractivity contribution in [3.8, 4) is 0 Å². The summed E-state index contributed by atoms with van der Waals surface area (Å²) in [6.45, 7) is 4.43. The van der Waals surface area contributed by atoms with E-state index in [-0.39, 0.29) is 0 Å². The third-order valence-electron chi connectivity index (χ3n) is 2.02. The molecule has 0 saturated heterocycles. The molecule has 0 amide bonds. The molecule has 0 unspecified atom stereocenters. The van der Waals surface area contributed by atoms with Gasteiger partial charge in [-0.1, -0.05) is 13.8 Å². The first-order valence-electron chi connectivity index (χ1n) is 4.11. The van der Waals surface area contributed by atoms with Gasteiger partial charge in [0.25, 0.3) is 0 Å². The molecule has 0 aliphatic rings. The summed E-state index contributed by atoms with van der Waals surface area (Å²) in [7, 11) is 0. The van der Waals surface area contributed by atoms with Gasteiger partial charge in [0.2, 0.25) is 0 Å². The Hall–Kier alpha value is -0.890. The molecule has 12 heavy (non-hydrogen) atoms. The van der Waals surface area contributed by atoms with E-state index in [1.807, 2.05) is 6.20 Å². The van der Waals surface area contributed by atoms with Gasteiger partial charge < -0.3 is 0 Å². The largest absolute Gasteiger partial charge is 0.245 e. The molecule has 2 aromatic heterocycles. The molecule has 0 aliphatic carbocycles. The molecule has 2 heteroatoms. The second kappa shape index (κ2) is 2.87. The summed E-state index contributed by atoms with van der Waals surface area (Å²) in [5.41, 5.74) is 1.40. The van der Waals surface area contributed by atoms with Gasteiger partial charge in [0.1, 0.15) is 4.83 Å². The van der Waals surface area contributed by atoms with Gasteiger partial charge in [-0.3, -0.25) is 0 Å². The van der Waals surface area contributed by atoms with Crippen LogP contribution in [0.5, 0.6) is 0 Å². The van der Waals surface area contributed by atoms with Crippen LogP contribution >= 0.6 is 11.3 Å². The number of aromatic nitrogens is 1. The molecular weight excluding hydrogens is 166 g/mol. The maximum atomic E-state index is 4.30. The Balaban J connectivity index is 2.73. The Morgan fingerprint density at radius 3 is 2.92 bits per heavy atom. The maximum Gasteiger partial charge on any atom is 0.123 e. The second-order valence-electron chi connectivity index (χ2n) is 3.19. The molecule has 0 aromatic carbocycles.